The summed E-state index contributed by atoms with van der Waals surface area (Å²) in [5.41, 5.74) is 2.47. The molecule has 0 fully saturated rings. The molecule has 0 aliphatic carbocycles. The normalized spacial score (nSPS) is 10.2. The van der Waals surface area contributed by atoms with Gasteiger partial charge >= 0.3 is 5.97 Å². The van der Waals surface area contributed by atoms with Gasteiger partial charge in [-0.05, 0) is 24.6 Å². The van der Waals surface area contributed by atoms with Gasteiger partial charge in [-0.2, -0.15) is 5.10 Å². The Kier molecular flexibility index (Phi) is 3.61. The van der Waals surface area contributed by atoms with Crippen LogP contribution in [0.3, 0.4) is 0 Å². The highest BCUT2D eigenvalue weighted by molar-refractivity contribution is 6.04. The van der Waals surface area contributed by atoms with Gasteiger partial charge in [0.25, 0.3) is 5.91 Å². The monoisotopic (exact) mass is 259 g/mol. The van der Waals surface area contributed by atoms with Crippen LogP contribution in [0.4, 0.5) is 5.69 Å². The van der Waals surface area contributed by atoms with Crippen molar-refractivity contribution in [1.29, 1.82) is 0 Å². The van der Waals surface area contributed by atoms with Crippen molar-refractivity contribution < 1.29 is 14.7 Å². The molecule has 0 unspecified atom stereocenters. The van der Waals surface area contributed by atoms with E-state index in [-0.39, 0.29) is 12.3 Å². The third-order valence-electron chi connectivity index (χ3n) is 2.64. The summed E-state index contributed by atoms with van der Waals surface area (Å²) in [7, 11) is 0. The second-order valence-electron chi connectivity index (χ2n) is 4.13. The molecule has 0 bridgehead atoms. The van der Waals surface area contributed by atoms with Crippen LogP contribution >= 0.6 is 0 Å². The SMILES string of the molecule is Cc1[nH]ncc1C(=O)Nc1ccc(CC(=O)O)cc1. The van der Waals surface area contributed by atoms with Gasteiger partial charge in [0.2, 0.25) is 0 Å². The average molecular weight is 259 g/mol. The van der Waals surface area contributed by atoms with Crippen molar-refractivity contribution in [1.82, 2.24) is 10.2 Å². The van der Waals surface area contributed by atoms with Crippen molar-refractivity contribution in [3.8, 4) is 0 Å². The highest BCUT2D eigenvalue weighted by Crippen LogP contribution is 2.12. The van der Waals surface area contributed by atoms with Gasteiger partial charge in [0.15, 0.2) is 0 Å². The van der Waals surface area contributed by atoms with Crippen molar-refractivity contribution in [3.63, 3.8) is 0 Å². The number of hydrogen-bond acceptors (Lipinski definition) is 3. The highest BCUT2D eigenvalue weighted by atomic mass is 16.4. The van der Waals surface area contributed by atoms with Crippen molar-refractivity contribution in [2.45, 2.75) is 13.3 Å². The predicted octanol–water partition coefficient (Wildman–Crippen LogP) is 1.60. The molecule has 0 aliphatic rings. The van der Waals surface area contributed by atoms with E-state index in [4.69, 9.17) is 5.11 Å². The van der Waals surface area contributed by atoms with Gasteiger partial charge < -0.3 is 10.4 Å². The first kappa shape index (κ1) is 12.8. The number of H-pyrrole nitrogens is 1. The number of hydrogen-bond donors (Lipinski definition) is 3. The number of carboxylic acids is 1. The van der Waals surface area contributed by atoms with Crippen molar-refractivity contribution in [2.24, 2.45) is 0 Å². The smallest absolute Gasteiger partial charge is 0.307 e. The quantitative estimate of drug-likeness (QED) is 0.777. The first-order chi connectivity index (χ1) is 9.06. The van der Waals surface area contributed by atoms with Crippen LogP contribution < -0.4 is 5.32 Å². The number of carbonyl (C=O) groups excluding carboxylic acids is 1. The summed E-state index contributed by atoms with van der Waals surface area (Å²) in [4.78, 5) is 22.4. The minimum absolute atomic E-state index is 0.0327. The number of rotatable bonds is 4. The molecule has 0 spiro atoms. The third-order valence-corrected chi connectivity index (χ3v) is 2.64. The molecule has 2 aromatic rings. The predicted molar refractivity (Wildman–Crippen MR) is 69.1 cm³/mol. The third kappa shape index (κ3) is 3.19. The number of aliphatic carboxylic acids is 1. The van der Waals surface area contributed by atoms with E-state index in [1.54, 1.807) is 31.2 Å². The lowest BCUT2D eigenvalue weighted by Crippen LogP contribution is -2.12. The molecular formula is C13H13N3O3. The second kappa shape index (κ2) is 5.34. The Hall–Kier alpha value is -2.63. The maximum absolute atomic E-state index is 11.9. The van der Waals surface area contributed by atoms with E-state index in [2.05, 4.69) is 15.5 Å². The van der Waals surface area contributed by atoms with E-state index in [0.29, 0.717) is 22.5 Å². The Balaban J connectivity index is 2.06. The van der Waals surface area contributed by atoms with Crippen LogP contribution in [0.2, 0.25) is 0 Å². The number of benzene rings is 1. The Bertz CT molecular complexity index is 602. The molecule has 98 valence electrons. The van der Waals surface area contributed by atoms with Gasteiger partial charge in [0.05, 0.1) is 18.2 Å². The zero-order valence-corrected chi connectivity index (χ0v) is 10.3. The van der Waals surface area contributed by atoms with Crippen LogP contribution in [-0.2, 0) is 11.2 Å². The lowest BCUT2D eigenvalue weighted by Gasteiger charge is -2.05. The zero-order valence-electron chi connectivity index (χ0n) is 10.3. The summed E-state index contributed by atoms with van der Waals surface area (Å²) < 4.78 is 0. The molecule has 6 heteroatoms. The molecule has 0 saturated carbocycles. The molecule has 1 amide bonds. The number of carboxylic acid groups (broad SMARTS) is 1. The van der Waals surface area contributed by atoms with Crippen molar-refractivity contribution in [2.75, 3.05) is 5.32 Å². The summed E-state index contributed by atoms with van der Waals surface area (Å²) in [6.45, 7) is 1.76. The number of anilines is 1. The van der Waals surface area contributed by atoms with E-state index < -0.39 is 5.97 Å². The largest absolute Gasteiger partial charge is 0.481 e. The number of aromatic amines is 1. The lowest BCUT2D eigenvalue weighted by molar-refractivity contribution is -0.136. The fraction of sp³-hybridized carbons (Fsp3) is 0.154. The van der Waals surface area contributed by atoms with Crippen LogP contribution in [0.15, 0.2) is 30.5 Å². The van der Waals surface area contributed by atoms with Gasteiger partial charge in [0, 0.05) is 11.4 Å². The highest BCUT2D eigenvalue weighted by Gasteiger charge is 2.10. The molecule has 1 aromatic heterocycles. The maximum Gasteiger partial charge on any atom is 0.307 e. The van der Waals surface area contributed by atoms with Crippen LogP contribution in [0.25, 0.3) is 0 Å². The Morgan fingerprint density at radius 3 is 2.53 bits per heavy atom. The maximum atomic E-state index is 11.9. The fourth-order valence-corrected chi connectivity index (χ4v) is 1.66. The Labute approximate surface area is 109 Å². The van der Waals surface area contributed by atoms with Crippen molar-refractivity contribution >= 4 is 17.6 Å². The summed E-state index contributed by atoms with van der Waals surface area (Å²) in [5.74, 6) is -1.14. The first-order valence-corrected chi connectivity index (χ1v) is 5.68. The van der Waals surface area contributed by atoms with E-state index in [1.807, 2.05) is 0 Å². The average Bonchev–Trinajstić information content (AvgIpc) is 2.77. The molecule has 2 rings (SSSR count). The molecule has 0 aliphatic heterocycles. The molecule has 3 N–H and O–H groups in total. The van der Waals surface area contributed by atoms with Gasteiger partial charge in [-0.25, -0.2) is 0 Å². The van der Waals surface area contributed by atoms with E-state index in [0.717, 1.165) is 0 Å². The molecular weight excluding hydrogens is 246 g/mol. The summed E-state index contributed by atoms with van der Waals surface area (Å²) in [5, 5.41) is 17.8. The Morgan fingerprint density at radius 2 is 2.00 bits per heavy atom. The zero-order chi connectivity index (χ0) is 13.8. The first-order valence-electron chi connectivity index (χ1n) is 5.68. The minimum atomic E-state index is -0.884. The molecule has 6 nitrogen and oxygen atoms in total. The molecule has 0 saturated heterocycles. The molecule has 1 heterocycles. The summed E-state index contributed by atoms with van der Waals surface area (Å²) in [6.07, 6.45) is 1.43. The van der Waals surface area contributed by atoms with Crippen LogP contribution in [0, 0.1) is 6.92 Å². The lowest BCUT2D eigenvalue weighted by atomic mass is 10.1. The Morgan fingerprint density at radius 1 is 1.32 bits per heavy atom. The van der Waals surface area contributed by atoms with E-state index in [9.17, 15) is 9.59 Å². The number of amides is 1. The number of nitrogens with zero attached hydrogens (tertiary/aromatic N) is 1. The van der Waals surface area contributed by atoms with E-state index >= 15 is 0 Å². The van der Waals surface area contributed by atoms with Crippen LogP contribution in [0.5, 0.6) is 0 Å². The van der Waals surface area contributed by atoms with Gasteiger partial charge in [-0.1, -0.05) is 12.1 Å². The summed E-state index contributed by atoms with van der Waals surface area (Å²) >= 11 is 0. The second-order valence-corrected chi connectivity index (χ2v) is 4.13. The standard InChI is InChI=1S/C13H13N3O3/c1-8-11(7-14-16-8)13(19)15-10-4-2-9(3-5-10)6-12(17)18/h2-5,7H,6H2,1H3,(H,14,16)(H,15,19)(H,17,18). The van der Waals surface area contributed by atoms with Crippen LogP contribution in [-0.4, -0.2) is 27.2 Å². The van der Waals surface area contributed by atoms with Crippen molar-refractivity contribution in [3.05, 3.63) is 47.3 Å². The van der Waals surface area contributed by atoms with Gasteiger partial charge in [0.1, 0.15) is 0 Å². The number of nitrogens with one attached hydrogen (secondary N) is 2. The molecule has 0 radical (unpaired) electrons. The number of aryl methyl sites for hydroxylation is 1. The topological polar surface area (TPSA) is 95.1 Å². The summed E-state index contributed by atoms with van der Waals surface area (Å²) in [6, 6.07) is 6.69. The molecule has 0 atom stereocenters. The molecule has 19 heavy (non-hydrogen) atoms. The minimum Gasteiger partial charge on any atom is -0.481 e. The van der Waals surface area contributed by atoms with Gasteiger partial charge in [-0.3, -0.25) is 14.7 Å². The fourth-order valence-electron chi connectivity index (χ4n) is 1.66. The van der Waals surface area contributed by atoms with E-state index in [1.165, 1.54) is 6.20 Å². The van der Waals surface area contributed by atoms with Crippen LogP contribution in [0.1, 0.15) is 21.6 Å². The number of aromatic nitrogens is 2. The molecule has 1 aromatic carbocycles. The number of carbonyl (C=O) groups is 2. The van der Waals surface area contributed by atoms with Gasteiger partial charge in [-0.15, -0.1) is 0 Å².